The van der Waals surface area contributed by atoms with Crippen LogP contribution in [0.3, 0.4) is 0 Å². The zero-order chi connectivity index (χ0) is 11.8. The highest BCUT2D eigenvalue weighted by atomic mass is 32.2. The summed E-state index contributed by atoms with van der Waals surface area (Å²) in [4.78, 5) is 1.09. The number of benzene rings is 1. The molecular formula is C12H11N3OS. The normalized spacial score (nSPS) is 13.8. The third kappa shape index (κ3) is 1.63. The van der Waals surface area contributed by atoms with Crippen LogP contribution < -0.4 is 4.74 Å². The summed E-state index contributed by atoms with van der Waals surface area (Å²) in [5.74, 6) is 1.65. The molecule has 0 saturated heterocycles. The topological polar surface area (TPSA) is 39.9 Å². The molecule has 0 spiro atoms. The van der Waals surface area contributed by atoms with Crippen LogP contribution in [0.1, 0.15) is 0 Å². The van der Waals surface area contributed by atoms with Crippen molar-refractivity contribution in [2.45, 2.75) is 11.7 Å². The molecule has 2 heterocycles. The molecule has 1 aromatic heterocycles. The van der Waals surface area contributed by atoms with Crippen LogP contribution in [-0.4, -0.2) is 21.9 Å². The molecular weight excluding hydrogens is 234 g/mol. The van der Waals surface area contributed by atoms with Gasteiger partial charge in [-0.25, -0.2) is 0 Å². The quantitative estimate of drug-likeness (QED) is 0.815. The molecule has 0 unspecified atom stereocenters. The Morgan fingerprint density at radius 1 is 1.35 bits per heavy atom. The molecule has 17 heavy (non-hydrogen) atoms. The third-order valence-electron chi connectivity index (χ3n) is 2.63. The molecule has 0 N–H and O–H groups in total. The Morgan fingerprint density at radius 2 is 2.18 bits per heavy atom. The first-order valence-corrected chi connectivity index (χ1v) is 6.03. The maximum absolute atomic E-state index is 5.35. The molecule has 0 saturated carbocycles. The number of hydrogen-bond acceptors (Lipinski definition) is 4. The van der Waals surface area contributed by atoms with Gasteiger partial charge in [0.15, 0.2) is 11.0 Å². The van der Waals surface area contributed by atoms with Gasteiger partial charge < -0.3 is 4.74 Å². The standard InChI is InChI=1S/C12H11N3OS/c1-8-7-15-11(13-14-12(15)17-8)9-5-3-4-6-10(9)16-2/h3-6H,1,7H2,2H3. The van der Waals surface area contributed by atoms with Crippen molar-refractivity contribution < 1.29 is 4.74 Å². The third-order valence-corrected chi connectivity index (χ3v) is 3.54. The molecule has 0 amide bonds. The minimum absolute atomic E-state index is 0.764. The van der Waals surface area contributed by atoms with Crippen molar-refractivity contribution in [2.24, 2.45) is 0 Å². The van der Waals surface area contributed by atoms with E-state index in [2.05, 4.69) is 21.3 Å². The highest BCUT2D eigenvalue weighted by molar-refractivity contribution is 8.03. The highest BCUT2D eigenvalue weighted by Crippen LogP contribution is 2.37. The molecule has 0 aliphatic carbocycles. The number of thioether (sulfide) groups is 1. The van der Waals surface area contributed by atoms with Gasteiger partial charge in [0.1, 0.15) is 5.75 Å². The molecule has 5 heteroatoms. The lowest BCUT2D eigenvalue weighted by molar-refractivity contribution is 0.416. The average Bonchev–Trinajstić information content (AvgIpc) is 2.87. The van der Waals surface area contributed by atoms with Crippen LogP contribution in [0.2, 0.25) is 0 Å². The summed E-state index contributed by atoms with van der Waals surface area (Å²) in [5.41, 5.74) is 0.962. The van der Waals surface area contributed by atoms with Crippen molar-refractivity contribution in [2.75, 3.05) is 7.11 Å². The van der Waals surface area contributed by atoms with Gasteiger partial charge in [0, 0.05) is 4.91 Å². The fraction of sp³-hybridized carbons (Fsp3) is 0.167. The lowest BCUT2D eigenvalue weighted by Crippen LogP contribution is -1.98. The van der Waals surface area contributed by atoms with E-state index in [0.717, 1.165) is 33.7 Å². The summed E-state index contributed by atoms with van der Waals surface area (Å²) in [6, 6.07) is 7.82. The van der Waals surface area contributed by atoms with Crippen LogP contribution in [0.4, 0.5) is 0 Å². The highest BCUT2D eigenvalue weighted by Gasteiger charge is 2.23. The Bertz CT molecular complexity index is 591. The Hall–Kier alpha value is -1.75. The monoisotopic (exact) mass is 245 g/mol. The van der Waals surface area contributed by atoms with E-state index in [0.29, 0.717) is 0 Å². The lowest BCUT2D eigenvalue weighted by atomic mass is 10.2. The van der Waals surface area contributed by atoms with Crippen LogP contribution >= 0.6 is 11.8 Å². The smallest absolute Gasteiger partial charge is 0.196 e. The maximum atomic E-state index is 5.35. The number of aromatic nitrogens is 3. The van der Waals surface area contributed by atoms with Gasteiger partial charge in [-0.2, -0.15) is 0 Å². The minimum atomic E-state index is 0.764. The Kier molecular flexibility index (Phi) is 2.40. The molecule has 1 aliphatic rings. The second kappa shape index (κ2) is 3.92. The summed E-state index contributed by atoms with van der Waals surface area (Å²) in [6.45, 7) is 4.73. The van der Waals surface area contributed by atoms with Gasteiger partial charge in [0.25, 0.3) is 0 Å². The van der Waals surface area contributed by atoms with Crippen molar-refractivity contribution >= 4 is 11.8 Å². The SMILES string of the molecule is C=C1Cn2c(nnc2-c2ccccc2OC)S1. The van der Waals surface area contributed by atoms with Gasteiger partial charge in [-0.05, 0) is 12.1 Å². The molecule has 3 rings (SSSR count). The summed E-state index contributed by atoms with van der Waals surface area (Å²) in [5, 5.41) is 9.28. The van der Waals surface area contributed by atoms with E-state index in [-0.39, 0.29) is 0 Å². The number of rotatable bonds is 2. The Morgan fingerprint density at radius 3 is 3.00 bits per heavy atom. The molecule has 0 fully saturated rings. The zero-order valence-corrected chi connectivity index (χ0v) is 10.2. The number of fused-ring (bicyclic) bond motifs is 1. The van der Waals surface area contributed by atoms with E-state index in [1.165, 1.54) is 0 Å². The molecule has 0 radical (unpaired) electrons. The van der Waals surface area contributed by atoms with Crippen LogP contribution in [-0.2, 0) is 6.54 Å². The number of para-hydroxylation sites is 1. The number of methoxy groups -OCH3 is 1. The molecule has 4 nitrogen and oxygen atoms in total. The van der Waals surface area contributed by atoms with Crippen molar-refractivity contribution in [3.05, 3.63) is 35.7 Å². The summed E-state index contributed by atoms with van der Waals surface area (Å²) in [6.07, 6.45) is 0. The maximum Gasteiger partial charge on any atom is 0.196 e. The van der Waals surface area contributed by atoms with Gasteiger partial charge in [-0.1, -0.05) is 30.5 Å². The largest absolute Gasteiger partial charge is 0.496 e. The first-order valence-electron chi connectivity index (χ1n) is 5.22. The summed E-state index contributed by atoms with van der Waals surface area (Å²) < 4.78 is 7.41. The average molecular weight is 245 g/mol. The molecule has 0 atom stereocenters. The van der Waals surface area contributed by atoms with E-state index in [1.807, 2.05) is 24.3 Å². The van der Waals surface area contributed by atoms with Crippen LogP contribution in [0.5, 0.6) is 5.75 Å². The second-order valence-electron chi connectivity index (χ2n) is 3.73. The van der Waals surface area contributed by atoms with E-state index in [9.17, 15) is 0 Å². The van der Waals surface area contributed by atoms with Gasteiger partial charge >= 0.3 is 0 Å². The number of ether oxygens (including phenoxy) is 1. The minimum Gasteiger partial charge on any atom is -0.496 e. The van der Waals surface area contributed by atoms with E-state index >= 15 is 0 Å². The van der Waals surface area contributed by atoms with Crippen molar-refractivity contribution in [1.29, 1.82) is 0 Å². The van der Waals surface area contributed by atoms with Gasteiger partial charge in [-0.3, -0.25) is 4.57 Å². The molecule has 2 aromatic rings. The number of allylic oxidation sites excluding steroid dienone is 1. The molecule has 1 aromatic carbocycles. The Labute approximate surface area is 103 Å². The van der Waals surface area contributed by atoms with E-state index in [4.69, 9.17) is 4.74 Å². The molecule has 86 valence electrons. The molecule has 1 aliphatic heterocycles. The summed E-state index contributed by atoms with van der Waals surface area (Å²) in [7, 11) is 1.66. The van der Waals surface area contributed by atoms with Gasteiger partial charge in [0.2, 0.25) is 0 Å². The predicted octanol–water partition coefficient (Wildman–Crippen LogP) is 2.57. The second-order valence-corrected chi connectivity index (χ2v) is 4.88. The first kappa shape index (κ1) is 10.4. The number of hydrogen-bond donors (Lipinski definition) is 0. The fourth-order valence-electron chi connectivity index (χ4n) is 1.87. The van der Waals surface area contributed by atoms with Crippen molar-refractivity contribution in [3.63, 3.8) is 0 Å². The van der Waals surface area contributed by atoms with E-state index in [1.54, 1.807) is 18.9 Å². The fourth-order valence-corrected chi connectivity index (χ4v) is 2.67. The van der Waals surface area contributed by atoms with Crippen molar-refractivity contribution in [1.82, 2.24) is 14.8 Å². The lowest BCUT2D eigenvalue weighted by Gasteiger charge is -2.07. The predicted molar refractivity (Wildman–Crippen MR) is 67.0 cm³/mol. The molecule has 0 bridgehead atoms. The number of nitrogens with zero attached hydrogens (tertiary/aromatic N) is 3. The van der Waals surface area contributed by atoms with E-state index < -0.39 is 0 Å². The van der Waals surface area contributed by atoms with Crippen molar-refractivity contribution in [3.8, 4) is 17.1 Å². The van der Waals surface area contributed by atoms with Crippen LogP contribution in [0.25, 0.3) is 11.4 Å². The Balaban J connectivity index is 2.14. The van der Waals surface area contributed by atoms with Crippen LogP contribution in [0, 0.1) is 0 Å². The van der Waals surface area contributed by atoms with Gasteiger partial charge in [-0.15, -0.1) is 10.2 Å². The zero-order valence-electron chi connectivity index (χ0n) is 9.38. The van der Waals surface area contributed by atoms with Gasteiger partial charge in [0.05, 0.1) is 19.2 Å². The van der Waals surface area contributed by atoms with Crippen LogP contribution in [0.15, 0.2) is 40.9 Å². The summed E-state index contributed by atoms with van der Waals surface area (Å²) >= 11 is 1.57. The first-order chi connectivity index (χ1) is 8.29.